The molecule has 0 aliphatic carbocycles. The largest absolute Gasteiger partial charge is 0.464 e. The van der Waals surface area contributed by atoms with Crippen LogP contribution in [0.5, 0.6) is 0 Å². The van der Waals surface area contributed by atoms with Crippen molar-refractivity contribution >= 4 is 16.9 Å². The number of aliphatic hydroxyl groups excluding tert-OH is 1. The third-order valence-corrected chi connectivity index (χ3v) is 6.91. The van der Waals surface area contributed by atoms with Crippen LogP contribution in [-0.4, -0.2) is 101 Å². The fraction of sp³-hybridized carbons (Fsp3) is 0.621. The lowest BCUT2D eigenvalue weighted by Crippen LogP contribution is -2.42. The molecule has 0 unspecified atom stereocenters. The average Bonchev–Trinajstić information content (AvgIpc) is 3.38. The zero-order chi connectivity index (χ0) is 27.3. The fourth-order valence-corrected chi connectivity index (χ4v) is 4.95. The van der Waals surface area contributed by atoms with Gasteiger partial charge in [-0.05, 0) is 31.9 Å². The standard InChI is InChI=1S/C29H41NO9/c1-2-37-29-23(7-5-11-31)24(25-21-38-26-8-4-3-6-22(25)26)20-27(39-29)28(32)30-9-12-33-14-16-35-18-19-36-17-15-34-13-10-30/h3-4,6,8,20-21,23-24,29,31H,2,5,7,9-19H2,1H3/t23-,24+,29-/m1/s1. The zero-order valence-corrected chi connectivity index (χ0v) is 22.8. The smallest absolute Gasteiger partial charge is 0.288 e. The molecule has 0 bridgehead atoms. The molecule has 1 fully saturated rings. The molecule has 0 radical (unpaired) electrons. The molecule has 1 saturated heterocycles. The van der Waals surface area contributed by atoms with Crippen molar-refractivity contribution in [2.45, 2.75) is 32.0 Å². The number of amides is 1. The molecule has 1 aromatic heterocycles. The van der Waals surface area contributed by atoms with Crippen molar-refractivity contribution in [3.63, 3.8) is 0 Å². The van der Waals surface area contributed by atoms with Crippen LogP contribution in [0.1, 0.15) is 31.2 Å². The molecule has 1 aromatic carbocycles. The van der Waals surface area contributed by atoms with Gasteiger partial charge in [-0.15, -0.1) is 0 Å². The van der Waals surface area contributed by atoms with Crippen molar-refractivity contribution in [3.8, 4) is 0 Å². The van der Waals surface area contributed by atoms with E-state index in [-0.39, 0.29) is 30.1 Å². The van der Waals surface area contributed by atoms with Gasteiger partial charge in [0.15, 0.2) is 5.76 Å². The van der Waals surface area contributed by atoms with Crippen molar-refractivity contribution in [2.24, 2.45) is 5.92 Å². The van der Waals surface area contributed by atoms with E-state index in [1.807, 2.05) is 37.3 Å². The minimum atomic E-state index is -0.644. The van der Waals surface area contributed by atoms with Crippen molar-refractivity contribution in [1.82, 2.24) is 4.90 Å². The Morgan fingerprint density at radius 1 is 0.974 bits per heavy atom. The van der Waals surface area contributed by atoms with E-state index in [1.165, 1.54) is 0 Å². The quantitative estimate of drug-likeness (QED) is 0.559. The topological polar surface area (TPSA) is 109 Å². The summed E-state index contributed by atoms with van der Waals surface area (Å²) in [5.41, 5.74) is 1.75. The summed E-state index contributed by atoms with van der Waals surface area (Å²) in [7, 11) is 0. The predicted molar refractivity (Wildman–Crippen MR) is 143 cm³/mol. The van der Waals surface area contributed by atoms with Crippen LogP contribution in [0, 0.1) is 5.92 Å². The van der Waals surface area contributed by atoms with Crippen LogP contribution < -0.4 is 0 Å². The Bertz CT molecular complexity index is 1020. The second-order valence-corrected chi connectivity index (χ2v) is 9.46. The Morgan fingerprint density at radius 2 is 1.62 bits per heavy atom. The fourth-order valence-electron chi connectivity index (χ4n) is 4.95. The van der Waals surface area contributed by atoms with Crippen molar-refractivity contribution in [1.29, 1.82) is 0 Å². The molecule has 2 aromatic rings. The van der Waals surface area contributed by atoms with Crippen LogP contribution in [0.15, 0.2) is 46.8 Å². The molecular weight excluding hydrogens is 506 g/mol. The van der Waals surface area contributed by atoms with Crippen LogP contribution >= 0.6 is 0 Å². The summed E-state index contributed by atoms with van der Waals surface area (Å²) in [6.07, 6.45) is 4.25. The number of furan rings is 1. The molecule has 3 atom stereocenters. The average molecular weight is 548 g/mol. The van der Waals surface area contributed by atoms with Crippen molar-refractivity contribution < 1.29 is 42.7 Å². The predicted octanol–water partition coefficient (Wildman–Crippen LogP) is 3.09. The molecule has 10 nitrogen and oxygen atoms in total. The number of nitrogens with zero attached hydrogens (tertiary/aromatic N) is 1. The molecule has 1 amide bonds. The third-order valence-electron chi connectivity index (χ3n) is 6.91. The van der Waals surface area contributed by atoms with E-state index in [0.717, 1.165) is 16.5 Å². The van der Waals surface area contributed by atoms with Gasteiger partial charge in [-0.3, -0.25) is 4.79 Å². The van der Waals surface area contributed by atoms with E-state index in [2.05, 4.69) is 0 Å². The summed E-state index contributed by atoms with van der Waals surface area (Å²) in [5, 5.41) is 10.6. The second kappa shape index (κ2) is 16.0. The molecular formula is C29H41NO9. The Hall–Kier alpha value is -2.47. The van der Waals surface area contributed by atoms with E-state index in [4.69, 9.17) is 32.8 Å². The monoisotopic (exact) mass is 547 g/mol. The van der Waals surface area contributed by atoms with Gasteiger partial charge >= 0.3 is 0 Å². The Balaban J connectivity index is 1.59. The summed E-state index contributed by atoms with van der Waals surface area (Å²) >= 11 is 0. The number of hydrogen-bond acceptors (Lipinski definition) is 9. The van der Waals surface area contributed by atoms with Gasteiger partial charge in [-0.2, -0.15) is 0 Å². The first-order valence-corrected chi connectivity index (χ1v) is 13.9. The number of fused-ring (bicyclic) bond motifs is 1. The number of ether oxygens (including phenoxy) is 6. The first-order valence-electron chi connectivity index (χ1n) is 13.9. The molecule has 10 heteroatoms. The highest BCUT2D eigenvalue weighted by Crippen LogP contribution is 2.42. The molecule has 2 aliphatic heterocycles. The molecule has 2 aliphatic rings. The lowest BCUT2D eigenvalue weighted by Gasteiger charge is -2.37. The van der Waals surface area contributed by atoms with Gasteiger partial charge in [-0.1, -0.05) is 18.2 Å². The molecule has 4 rings (SSSR count). The minimum absolute atomic E-state index is 0.0631. The SMILES string of the molecule is CCO[C@@H]1OC(C(=O)N2CCOCCOCCOCCOCC2)=C[C@H](c2coc3ccccc23)[C@H]1CCCO. The van der Waals surface area contributed by atoms with E-state index in [0.29, 0.717) is 85.4 Å². The number of para-hydroxylation sites is 1. The van der Waals surface area contributed by atoms with E-state index in [9.17, 15) is 9.90 Å². The maximum atomic E-state index is 13.9. The Labute approximate surface area is 229 Å². The highest BCUT2D eigenvalue weighted by atomic mass is 16.7. The highest BCUT2D eigenvalue weighted by Gasteiger charge is 2.40. The third kappa shape index (κ3) is 8.26. The van der Waals surface area contributed by atoms with Crippen LogP contribution in [0.4, 0.5) is 0 Å². The molecule has 3 heterocycles. The van der Waals surface area contributed by atoms with Crippen LogP contribution in [0.3, 0.4) is 0 Å². The molecule has 39 heavy (non-hydrogen) atoms. The number of aliphatic hydroxyl groups is 1. The Kier molecular flexibility index (Phi) is 12.1. The minimum Gasteiger partial charge on any atom is -0.464 e. The lowest BCUT2D eigenvalue weighted by atomic mass is 9.80. The van der Waals surface area contributed by atoms with E-state index >= 15 is 0 Å². The Morgan fingerprint density at radius 3 is 2.26 bits per heavy atom. The number of allylic oxidation sites excluding steroid dienone is 1. The second-order valence-electron chi connectivity index (χ2n) is 9.46. The van der Waals surface area contributed by atoms with Gasteiger partial charge in [-0.25, -0.2) is 0 Å². The molecule has 216 valence electrons. The van der Waals surface area contributed by atoms with Gasteiger partial charge in [0.25, 0.3) is 5.91 Å². The molecule has 0 spiro atoms. The van der Waals surface area contributed by atoms with Gasteiger partial charge in [0.2, 0.25) is 6.29 Å². The first-order chi connectivity index (χ1) is 19.2. The maximum absolute atomic E-state index is 13.9. The van der Waals surface area contributed by atoms with Crippen molar-refractivity contribution in [2.75, 3.05) is 79.2 Å². The molecule has 0 saturated carbocycles. The first kappa shape index (κ1) is 29.5. The number of benzene rings is 1. The summed E-state index contributed by atoms with van der Waals surface area (Å²) in [5.74, 6) is -0.324. The molecule has 1 N–H and O–H groups in total. The maximum Gasteiger partial charge on any atom is 0.288 e. The summed E-state index contributed by atoms with van der Waals surface area (Å²) in [6, 6.07) is 7.85. The number of carbonyl (C=O) groups is 1. The van der Waals surface area contributed by atoms with E-state index in [1.54, 1.807) is 11.2 Å². The van der Waals surface area contributed by atoms with Gasteiger partial charge in [0.05, 0.1) is 59.1 Å². The number of carbonyl (C=O) groups excluding carboxylic acids is 1. The van der Waals surface area contributed by atoms with Crippen LogP contribution in [0.25, 0.3) is 11.0 Å². The summed E-state index contributed by atoms with van der Waals surface area (Å²) < 4.78 is 40.5. The van der Waals surface area contributed by atoms with Crippen LogP contribution in [0.2, 0.25) is 0 Å². The highest BCUT2D eigenvalue weighted by molar-refractivity contribution is 5.92. The van der Waals surface area contributed by atoms with Gasteiger partial charge in [0.1, 0.15) is 5.58 Å². The number of hydrogen-bond donors (Lipinski definition) is 1. The number of rotatable bonds is 7. The van der Waals surface area contributed by atoms with Crippen molar-refractivity contribution in [3.05, 3.63) is 47.9 Å². The zero-order valence-electron chi connectivity index (χ0n) is 22.8. The lowest BCUT2D eigenvalue weighted by molar-refractivity contribution is -0.170. The summed E-state index contributed by atoms with van der Waals surface area (Å²) in [4.78, 5) is 15.5. The van der Waals surface area contributed by atoms with E-state index < -0.39 is 6.29 Å². The normalized spacial score (nSPS) is 24.4. The van der Waals surface area contributed by atoms with Gasteiger partial charge in [0, 0.05) is 49.1 Å². The van der Waals surface area contributed by atoms with Crippen LogP contribution in [-0.2, 0) is 33.2 Å². The van der Waals surface area contributed by atoms with Gasteiger partial charge < -0.3 is 42.8 Å². The summed E-state index contributed by atoms with van der Waals surface area (Å²) in [6.45, 7) is 6.70.